The molecule has 2 amide bonds. The molecule has 2 rings (SSSR count). The Balaban J connectivity index is 1.77. The number of carbonyl (C=O) groups is 3. The van der Waals surface area contributed by atoms with E-state index in [0.717, 1.165) is 18.2 Å². The molecule has 0 spiro atoms. The molecular weight excluding hydrogens is 389 g/mol. The van der Waals surface area contributed by atoms with Gasteiger partial charge in [0.1, 0.15) is 0 Å². The van der Waals surface area contributed by atoms with Crippen molar-refractivity contribution in [3.63, 3.8) is 0 Å². The van der Waals surface area contributed by atoms with Crippen LogP contribution in [0.25, 0.3) is 0 Å². The van der Waals surface area contributed by atoms with Crippen LogP contribution in [0.4, 0.5) is 18.9 Å². The van der Waals surface area contributed by atoms with E-state index < -0.39 is 36.3 Å². The lowest BCUT2D eigenvalue weighted by Crippen LogP contribution is -2.35. The van der Waals surface area contributed by atoms with Crippen molar-refractivity contribution < 1.29 is 32.3 Å². The van der Waals surface area contributed by atoms with Gasteiger partial charge in [0.15, 0.2) is 6.61 Å². The van der Waals surface area contributed by atoms with Crippen LogP contribution >= 0.6 is 0 Å². The minimum atomic E-state index is -4.53. The number of esters is 1. The van der Waals surface area contributed by atoms with Crippen molar-refractivity contribution in [3.8, 4) is 0 Å². The number of rotatable bonds is 7. The molecule has 29 heavy (non-hydrogen) atoms. The lowest BCUT2D eigenvalue weighted by molar-refractivity contribution is -0.147. The van der Waals surface area contributed by atoms with Gasteiger partial charge in [0.2, 0.25) is 0 Å². The van der Waals surface area contributed by atoms with Crippen LogP contribution in [0.15, 0.2) is 54.6 Å². The monoisotopic (exact) mass is 408 g/mol. The van der Waals surface area contributed by atoms with Crippen molar-refractivity contribution >= 4 is 23.5 Å². The second kappa shape index (κ2) is 9.72. The van der Waals surface area contributed by atoms with Crippen LogP contribution in [0.2, 0.25) is 0 Å². The maximum atomic E-state index is 12.7. The van der Waals surface area contributed by atoms with Crippen molar-refractivity contribution in [2.45, 2.75) is 25.6 Å². The van der Waals surface area contributed by atoms with E-state index in [9.17, 15) is 27.6 Å². The van der Waals surface area contributed by atoms with E-state index in [-0.39, 0.29) is 18.0 Å². The van der Waals surface area contributed by atoms with Gasteiger partial charge < -0.3 is 15.4 Å². The van der Waals surface area contributed by atoms with Crippen LogP contribution in [-0.4, -0.2) is 30.4 Å². The molecule has 0 aliphatic rings. The zero-order valence-corrected chi connectivity index (χ0v) is 15.5. The first-order valence-electron chi connectivity index (χ1n) is 8.64. The van der Waals surface area contributed by atoms with Gasteiger partial charge in [0, 0.05) is 17.3 Å². The summed E-state index contributed by atoms with van der Waals surface area (Å²) in [5, 5.41) is 4.86. The summed E-state index contributed by atoms with van der Waals surface area (Å²) in [6, 6.07) is 12.0. The molecule has 0 heterocycles. The Morgan fingerprint density at radius 2 is 1.72 bits per heavy atom. The number of alkyl halides is 3. The highest BCUT2D eigenvalue weighted by Crippen LogP contribution is 2.30. The molecule has 0 radical (unpaired) electrons. The van der Waals surface area contributed by atoms with Gasteiger partial charge in [-0.05, 0) is 37.3 Å². The second-order valence-electron chi connectivity index (χ2n) is 6.23. The summed E-state index contributed by atoms with van der Waals surface area (Å²) in [6.07, 6.45) is -4.71. The molecule has 1 unspecified atom stereocenters. The molecule has 154 valence electrons. The van der Waals surface area contributed by atoms with Crippen LogP contribution in [0.3, 0.4) is 0 Å². The van der Waals surface area contributed by atoms with Crippen LogP contribution < -0.4 is 10.6 Å². The van der Waals surface area contributed by atoms with Crippen LogP contribution in [0.5, 0.6) is 0 Å². The van der Waals surface area contributed by atoms with Gasteiger partial charge in [0.05, 0.1) is 12.0 Å². The topological polar surface area (TPSA) is 84.5 Å². The predicted molar refractivity (Wildman–Crippen MR) is 99.0 cm³/mol. The molecule has 2 N–H and O–H groups in total. The Kier molecular flexibility index (Phi) is 7.35. The van der Waals surface area contributed by atoms with Gasteiger partial charge in [-0.3, -0.25) is 14.4 Å². The Labute approximate surface area is 165 Å². The van der Waals surface area contributed by atoms with E-state index >= 15 is 0 Å². The third-order valence-corrected chi connectivity index (χ3v) is 3.72. The molecule has 0 aliphatic carbocycles. The van der Waals surface area contributed by atoms with Gasteiger partial charge in [0.25, 0.3) is 11.8 Å². The van der Waals surface area contributed by atoms with E-state index in [1.54, 1.807) is 37.3 Å². The molecule has 0 bridgehead atoms. The number of carbonyl (C=O) groups excluding carboxylic acids is 3. The maximum absolute atomic E-state index is 12.7. The van der Waals surface area contributed by atoms with Gasteiger partial charge in [-0.2, -0.15) is 13.2 Å². The van der Waals surface area contributed by atoms with Crippen molar-refractivity contribution in [2.75, 3.05) is 11.9 Å². The number of hydrogen-bond acceptors (Lipinski definition) is 4. The highest BCUT2D eigenvalue weighted by Gasteiger charge is 2.30. The van der Waals surface area contributed by atoms with E-state index in [1.807, 2.05) is 0 Å². The third kappa shape index (κ3) is 7.28. The molecule has 0 fully saturated rings. The minimum absolute atomic E-state index is 0.0654. The molecular formula is C20H19F3N2O4. The fourth-order valence-corrected chi connectivity index (χ4v) is 2.37. The number of benzene rings is 2. The first-order chi connectivity index (χ1) is 13.6. The Bertz CT molecular complexity index is 870. The van der Waals surface area contributed by atoms with Crippen molar-refractivity contribution in [3.05, 3.63) is 65.7 Å². The summed E-state index contributed by atoms with van der Waals surface area (Å²) in [5.41, 5.74) is -0.534. The Morgan fingerprint density at radius 1 is 1.03 bits per heavy atom. The highest BCUT2D eigenvalue weighted by atomic mass is 19.4. The van der Waals surface area contributed by atoms with Crippen molar-refractivity contribution in [1.29, 1.82) is 0 Å². The number of amides is 2. The fourth-order valence-electron chi connectivity index (χ4n) is 2.37. The third-order valence-electron chi connectivity index (χ3n) is 3.72. The minimum Gasteiger partial charge on any atom is -0.455 e. The zero-order chi connectivity index (χ0) is 21.4. The quantitative estimate of drug-likeness (QED) is 0.688. The first-order valence-corrected chi connectivity index (χ1v) is 8.64. The molecule has 9 heteroatoms. The molecule has 0 saturated carbocycles. The molecule has 6 nitrogen and oxygen atoms in total. The predicted octanol–water partition coefficient (Wildman–Crippen LogP) is 3.40. The Hall–Kier alpha value is -3.36. The summed E-state index contributed by atoms with van der Waals surface area (Å²) in [7, 11) is 0. The number of ether oxygens (including phenoxy) is 1. The summed E-state index contributed by atoms with van der Waals surface area (Å²) in [5.74, 6) is -1.86. The van der Waals surface area contributed by atoms with Crippen molar-refractivity contribution in [1.82, 2.24) is 5.32 Å². The number of nitrogens with one attached hydrogen (secondary N) is 2. The summed E-state index contributed by atoms with van der Waals surface area (Å²) >= 11 is 0. The number of hydrogen-bond donors (Lipinski definition) is 2. The number of anilines is 1. The number of halogens is 3. The smallest absolute Gasteiger partial charge is 0.416 e. The molecule has 2 aromatic carbocycles. The van der Waals surface area contributed by atoms with Crippen molar-refractivity contribution in [2.24, 2.45) is 0 Å². The van der Waals surface area contributed by atoms with E-state index in [0.29, 0.717) is 5.56 Å². The second-order valence-corrected chi connectivity index (χ2v) is 6.23. The largest absolute Gasteiger partial charge is 0.455 e. The average molecular weight is 408 g/mol. The molecule has 0 saturated heterocycles. The molecule has 0 aliphatic heterocycles. The lowest BCUT2D eigenvalue weighted by Gasteiger charge is -2.13. The van der Waals surface area contributed by atoms with Crippen LogP contribution in [-0.2, 0) is 20.5 Å². The molecule has 0 aromatic heterocycles. The average Bonchev–Trinajstić information content (AvgIpc) is 2.66. The maximum Gasteiger partial charge on any atom is 0.416 e. The van der Waals surface area contributed by atoms with E-state index in [4.69, 9.17) is 4.74 Å². The Morgan fingerprint density at radius 3 is 2.38 bits per heavy atom. The van der Waals surface area contributed by atoms with Gasteiger partial charge in [-0.1, -0.05) is 24.3 Å². The van der Waals surface area contributed by atoms with Gasteiger partial charge >= 0.3 is 12.1 Å². The summed E-state index contributed by atoms with van der Waals surface area (Å²) < 4.78 is 42.8. The first kappa shape index (κ1) is 21.9. The summed E-state index contributed by atoms with van der Waals surface area (Å²) in [6.45, 7) is 0.944. The van der Waals surface area contributed by atoms with E-state index in [1.165, 1.54) is 6.07 Å². The highest BCUT2D eigenvalue weighted by molar-refractivity contribution is 5.95. The standard InChI is InChI=1S/C20H19F3N2O4/c1-13(24-19(28)14-6-3-2-4-7-14)10-18(27)29-12-17(26)25-16-9-5-8-15(11-16)20(21,22)23/h2-9,11,13H,10,12H2,1H3,(H,24,28)(H,25,26). The van der Waals surface area contributed by atoms with Gasteiger partial charge in [-0.15, -0.1) is 0 Å². The fraction of sp³-hybridized carbons (Fsp3) is 0.250. The van der Waals surface area contributed by atoms with Gasteiger partial charge in [-0.25, -0.2) is 0 Å². The summed E-state index contributed by atoms with van der Waals surface area (Å²) in [4.78, 5) is 35.6. The van der Waals surface area contributed by atoms with Crippen LogP contribution in [0.1, 0.15) is 29.3 Å². The van der Waals surface area contributed by atoms with Crippen LogP contribution in [0, 0.1) is 0 Å². The SMILES string of the molecule is CC(CC(=O)OCC(=O)Nc1cccc(C(F)(F)F)c1)NC(=O)c1ccccc1. The lowest BCUT2D eigenvalue weighted by atomic mass is 10.2. The molecule has 1 atom stereocenters. The van der Waals surface area contributed by atoms with E-state index in [2.05, 4.69) is 10.6 Å². The molecule has 2 aromatic rings. The normalized spacial score (nSPS) is 12.0. The zero-order valence-electron chi connectivity index (χ0n) is 15.5.